The van der Waals surface area contributed by atoms with Crippen molar-refractivity contribution < 1.29 is 13.9 Å². The third-order valence-electron chi connectivity index (χ3n) is 5.36. The van der Waals surface area contributed by atoms with Crippen LogP contribution >= 0.6 is 0 Å². The molecule has 0 unspecified atom stereocenters. The van der Waals surface area contributed by atoms with Crippen molar-refractivity contribution in [1.29, 1.82) is 0 Å². The van der Waals surface area contributed by atoms with E-state index in [1.54, 1.807) is 17.0 Å². The predicted octanol–water partition coefficient (Wildman–Crippen LogP) is 3.79. The summed E-state index contributed by atoms with van der Waals surface area (Å²) < 4.78 is 19.1. The van der Waals surface area contributed by atoms with Gasteiger partial charge in [-0.05, 0) is 42.2 Å². The highest BCUT2D eigenvalue weighted by molar-refractivity contribution is 5.70. The lowest BCUT2D eigenvalue weighted by Gasteiger charge is -2.43. The lowest BCUT2D eigenvalue weighted by Crippen LogP contribution is -2.54. The maximum Gasteiger partial charge on any atom is 0.410 e. The number of halogens is 1. The SMILES string of the molecule is C[C@]1(N)C[C@@H](OC(=O)N2CCc3ccccc3[C@@H]2c2ccc(F)cc2)C1. The summed E-state index contributed by atoms with van der Waals surface area (Å²) in [6, 6.07) is 14.2. The van der Waals surface area contributed by atoms with Crippen molar-refractivity contribution in [2.24, 2.45) is 5.73 Å². The van der Waals surface area contributed by atoms with Crippen molar-refractivity contribution in [3.05, 3.63) is 71.0 Å². The molecule has 0 saturated heterocycles. The van der Waals surface area contributed by atoms with Crippen LogP contribution in [-0.2, 0) is 11.2 Å². The highest BCUT2D eigenvalue weighted by Crippen LogP contribution is 2.37. The maximum absolute atomic E-state index is 13.4. The molecule has 2 N–H and O–H groups in total. The van der Waals surface area contributed by atoms with Crippen LogP contribution in [0, 0.1) is 5.82 Å². The van der Waals surface area contributed by atoms with Gasteiger partial charge in [-0.15, -0.1) is 0 Å². The average molecular weight is 354 g/mol. The van der Waals surface area contributed by atoms with Gasteiger partial charge in [-0.25, -0.2) is 9.18 Å². The van der Waals surface area contributed by atoms with Gasteiger partial charge in [0.2, 0.25) is 0 Å². The number of hydrogen-bond donors (Lipinski definition) is 1. The first kappa shape index (κ1) is 17.0. The zero-order chi connectivity index (χ0) is 18.3. The molecule has 1 amide bonds. The number of hydrogen-bond acceptors (Lipinski definition) is 3. The Bertz CT molecular complexity index is 811. The first-order valence-corrected chi connectivity index (χ1v) is 9.02. The minimum absolute atomic E-state index is 0.122. The summed E-state index contributed by atoms with van der Waals surface area (Å²) in [5.74, 6) is -0.288. The molecule has 0 spiro atoms. The molecule has 4 rings (SSSR count). The highest BCUT2D eigenvalue weighted by Gasteiger charge is 2.41. The van der Waals surface area contributed by atoms with E-state index in [1.165, 1.54) is 17.7 Å². The van der Waals surface area contributed by atoms with Gasteiger partial charge in [-0.3, -0.25) is 4.90 Å². The first-order chi connectivity index (χ1) is 12.4. The molecule has 1 aliphatic carbocycles. The standard InChI is InChI=1S/C21H23FN2O2/c1-21(23)12-17(13-21)26-20(25)24-11-10-14-4-2-3-5-18(14)19(24)15-6-8-16(22)9-7-15/h2-9,17,19H,10-13,23H2,1H3/t17-,19-,21+/m0/s1. The lowest BCUT2D eigenvalue weighted by molar-refractivity contribution is -0.0123. The molecule has 2 aliphatic rings. The molecular weight excluding hydrogens is 331 g/mol. The number of nitrogens with two attached hydrogens (primary N) is 1. The molecule has 1 fully saturated rings. The van der Waals surface area contributed by atoms with Crippen molar-refractivity contribution in [3.63, 3.8) is 0 Å². The van der Waals surface area contributed by atoms with Crippen LogP contribution in [-0.4, -0.2) is 29.2 Å². The van der Waals surface area contributed by atoms with Crippen LogP contribution in [0.15, 0.2) is 48.5 Å². The summed E-state index contributed by atoms with van der Waals surface area (Å²) in [5.41, 5.74) is 8.94. The Balaban J connectivity index is 1.62. The Kier molecular flexibility index (Phi) is 4.19. The molecule has 0 radical (unpaired) electrons. The summed E-state index contributed by atoms with van der Waals surface area (Å²) in [4.78, 5) is 14.6. The van der Waals surface area contributed by atoms with Crippen LogP contribution < -0.4 is 5.73 Å². The number of carbonyl (C=O) groups is 1. The molecule has 136 valence electrons. The van der Waals surface area contributed by atoms with Gasteiger partial charge < -0.3 is 10.5 Å². The van der Waals surface area contributed by atoms with Crippen LogP contribution in [0.1, 0.15) is 42.5 Å². The van der Waals surface area contributed by atoms with Crippen LogP contribution in [0.3, 0.4) is 0 Å². The van der Waals surface area contributed by atoms with E-state index in [0.717, 1.165) is 17.5 Å². The van der Waals surface area contributed by atoms with E-state index < -0.39 is 0 Å². The second kappa shape index (κ2) is 6.40. The van der Waals surface area contributed by atoms with Gasteiger partial charge in [-0.2, -0.15) is 0 Å². The van der Waals surface area contributed by atoms with Crippen LogP contribution in [0.4, 0.5) is 9.18 Å². The minimum atomic E-state index is -0.325. The number of nitrogens with zero attached hydrogens (tertiary/aromatic N) is 1. The van der Waals surface area contributed by atoms with E-state index >= 15 is 0 Å². The molecule has 0 aromatic heterocycles. The topological polar surface area (TPSA) is 55.6 Å². The molecule has 1 aliphatic heterocycles. The van der Waals surface area contributed by atoms with E-state index in [4.69, 9.17) is 10.5 Å². The molecule has 1 atom stereocenters. The fourth-order valence-corrected chi connectivity index (χ4v) is 4.04. The fraction of sp³-hybridized carbons (Fsp3) is 0.381. The van der Waals surface area contributed by atoms with E-state index in [-0.39, 0.29) is 29.6 Å². The number of ether oxygens (including phenoxy) is 1. The average Bonchev–Trinajstić information content (AvgIpc) is 2.60. The summed E-state index contributed by atoms with van der Waals surface area (Å²) in [7, 11) is 0. The maximum atomic E-state index is 13.4. The van der Waals surface area contributed by atoms with Crippen LogP contribution in [0.2, 0.25) is 0 Å². The molecule has 1 heterocycles. The van der Waals surface area contributed by atoms with Crippen molar-refractivity contribution in [2.75, 3.05) is 6.54 Å². The second-order valence-corrected chi connectivity index (χ2v) is 7.66. The van der Waals surface area contributed by atoms with Crippen molar-refractivity contribution in [2.45, 2.75) is 43.9 Å². The van der Waals surface area contributed by atoms with Crippen molar-refractivity contribution in [3.8, 4) is 0 Å². The number of benzene rings is 2. The zero-order valence-electron chi connectivity index (χ0n) is 14.8. The summed E-state index contributed by atoms with van der Waals surface area (Å²) in [6.45, 7) is 2.54. The molecule has 1 saturated carbocycles. The highest BCUT2D eigenvalue weighted by atomic mass is 19.1. The summed E-state index contributed by atoms with van der Waals surface area (Å²) >= 11 is 0. The van der Waals surface area contributed by atoms with Crippen molar-refractivity contribution in [1.82, 2.24) is 4.90 Å². The van der Waals surface area contributed by atoms with Crippen LogP contribution in [0.25, 0.3) is 0 Å². The van der Waals surface area contributed by atoms with E-state index in [9.17, 15) is 9.18 Å². The molecule has 5 heteroatoms. The number of fused-ring (bicyclic) bond motifs is 1. The molecule has 2 aromatic carbocycles. The second-order valence-electron chi connectivity index (χ2n) is 7.66. The van der Waals surface area contributed by atoms with E-state index in [2.05, 4.69) is 6.07 Å². The monoisotopic (exact) mass is 354 g/mol. The molecular formula is C21H23FN2O2. The third kappa shape index (κ3) is 3.19. The lowest BCUT2D eigenvalue weighted by atomic mass is 9.77. The number of amides is 1. The van der Waals surface area contributed by atoms with Gasteiger partial charge >= 0.3 is 6.09 Å². The fourth-order valence-electron chi connectivity index (χ4n) is 4.04. The Labute approximate surface area is 152 Å². The Hall–Kier alpha value is -2.40. The largest absolute Gasteiger partial charge is 0.446 e. The van der Waals surface area contributed by atoms with Gasteiger partial charge in [0.05, 0.1) is 6.04 Å². The van der Waals surface area contributed by atoms with E-state index in [1.807, 2.05) is 25.1 Å². The molecule has 4 nitrogen and oxygen atoms in total. The smallest absolute Gasteiger partial charge is 0.410 e. The molecule has 2 aromatic rings. The van der Waals surface area contributed by atoms with Crippen molar-refractivity contribution >= 4 is 6.09 Å². The first-order valence-electron chi connectivity index (χ1n) is 9.02. The normalized spacial score (nSPS) is 27.4. The predicted molar refractivity (Wildman–Crippen MR) is 97.2 cm³/mol. The van der Waals surface area contributed by atoms with Gasteiger partial charge in [-0.1, -0.05) is 36.4 Å². The summed E-state index contributed by atoms with van der Waals surface area (Å²) in [6.07, 6.45) is 1.70. The molecule has 0 bridgehead atoms. The number of rotatable bonds is 2. The van der Waals surface area contributed by atoms with E-state index in [0.29, 0.717) is 19.4 Å². The summed E-state index contributed by atoms with van der Waals surface area (Å²) in [5, 5.41) is 0. The van der Waals surface area contributed by atoms with Gasteiger partial charge in [0.1, 0.15) is 11.9 Å². The van der Waals surface area contributed by atoms with Gasteiger partial charge in [0, 0.05) is 24.9 Å². The Morgan fingerprint density at radius 3 is 2.58 bits per heavy atom. The van der Waals surface area contributed by atoms with Gasteiger partial charge in [0.15, 0.2) is 0 Å². The van der Waals surface area contributed by atoms with Crippen LogP contribution in [0.5, 0.6) is 0 Å². The minimum Gasteiger partial charge on any atom is -0.446 e. The Morgan fingerprint density at radius 1 is 1.19 bits per heavy atom. The third-order valence-corrected chi connectivity index (χ3v) is 5.36. The Morgan fingerprint density at radius 2 is 1.88 bits per heavy atom. The zero-order valence-corrected chi connectivity index (χ0v) is 14.8. The molecule has 26 heavy (non-hydrogen) atoms. The number of carbonyl (C=O) groups excluding carboxylic acids is 1. The quantitative estimate of drug-likeness (QED) is 0.893. The van der Waals surface area contributed by atoms with Gasteiger partial charge in [0.25, 0.3) is 0 Å².